The van der Waals surface area contributed by atoms with Gasteiger partial charge in [-0.1, -0.05) is 25.5 Å². The molecule has 0 aromatic rings. The summed E-state index contributed by atoms with van der Waals surface area (Å²) in [6.45, 7) is 4.13. The van der Waals surface area contributed by atoms with Gasteiger partial charge in [-0.2, -0.15) is 0 Å². The second kappa shape index (κ2) is 7.23. The van der Waals surface area contributed by atoms with E-state index in [1.165, 1.54) is 5.57 Å². The standard InChI is InChI=1S/C17H30O4/c1-10-3-12(6-14(8-18)16(10)20)5-13-4-11(2)17(21)15(7-13)9-19/h6,10-11,13-21H,3-5,7-9H2,1-2H3. The first-order valence-electron chi connectivity index (χ1n) is 8.23. The van der Waals surface area contributed by atoms with Crippen LogP contribution in [0.5, 0.6) is 0 Å². The largest absolute Gasteiger partial charge is 0.396 e. The fourth-order valence-electron chi connectivity index (χ4n) is 4.25. The summed E-state index contributed by atoms with van der Waals surface area (Å²) < 4.78 is 0. The van der Waals surface area contributed by atoms with Crippen molar-refractivity contribution in [3.63, 3.8) is 0 Å². The fraction of sp³-hybridized carbons (Fsp3) is 0.882. The molecule has 122 valence electrons. The summed E-state index contributed by atoms with van der Waals surface area (Å²) in [6.07, 6.45) is 4.90. The van der Waals surface area contributed by atoms with Crippen molar-refractivity contribution in [2.24, 2.45) is 29.6 Å². The molecule has 0 aromatic carbocycles. The van der Waals surface area contributed by atoms with Crippen LogP contribution >= 0.6 is 0 Å². The van der Waals surface area contributed by atoms with E-state index in [9.17, 15) is 20.4 Å². The number of rotatable bonds is 4. The summed E-state index contributed by atoms with van der Waals surface area (Å²) in [5.41, 5.74) is 1.32. The molecule has 0 spiro atoms. The summed E-state index contributed by atoms with van der Waals surface area (Å²) in [7, 11) is 0. The van der Waals surface area contributed by atoms with Gasteiger partial charge < -0.3 is 20.4 Å². The maximum Gasteiger partial charge on any atom is 0.0653 e. The van der Waals surface area contributed by atoms with E-state index in [0.717, 1.165) is 25.7 Å². The zero-order valence-electron chi connectivity index (χ0n) is 13.2. The van der Waals surface area contributed by atoms with Gasteiger partial charge >= 0.3 is 0 Å². The average Bonchev–Trinajstić information content (AvgIpc) is 2.46. The van der Waals surface area contributed by atoms with E-state index in [1.807, 2.05) is 13.0 Å². The molecule has 1 saturated carbocycles. The Balaban J connectivity index is 2.01. The smallest absolute Gasteiger partial charge is 0.0653 e. The zero-order chi connectivity index (χ0) is 15.6. The van der Waals surface area contributed by atoms with Crippen molar-refractivity contribution >= 4 is 0 Å². The van der Waals surface area contributed by atoms with Gasteiger partial charge in [-0.15, -0.1) is 0 Å². The Morgan fingerprint density at radius 2 is 1.71 bits per heavy atom. The third-order valence-electron chi connectivity index (χ3n) is 5.46. The molecule has 4 N–H and O–H groups in total. The summed E-state index contributed by atoms with van der Waals surface area (Å²) in [6, 6.07) is 0. The molecule has 0 aromatic heterocycles. The van der Waals surface area contributed by atoms with Crippen molar-refractivity contribution in [1.29, 1.82) is 0 Å². The molecule has 7 atom stereocenters. The molecule has 4 heteroatoms. The van der Waals surface area contributed by atoms with Crippen molar-refractivity contribution in [2.75, 3.05) is 13.2 Å². The minimum atomic E-state index is -0.448. The number of aliphatic hydroxyl groups excluding tert-OH is 4. The predicted molar refractivity (Wildman–Crippen MR) is 81.5 cm³/mol. The summed E-state index contributed by atoms with van der Waals surface area (Å²) in [5, 5.41) is 38.9. The second-order valence-electron chi connectivity index (χ2n) is 7.30. The van der Waals surface area contributed by atoms with Gasteiger partial charge in [0.05, 0.1) is 18.8 Å². The molecule has 7 unspecified atom stereocenters. The van der Waals surface area contributed by atoms with Crippen molar-refractivity contribution in [3.8, 4) is 0 Å². The molecule has 0 heterocycles. The Hall–Kier alpha value is -0.420. The van der Waals surface area contributed by atoms with Gasteiger partial charge in [0.25, 0.3) is 0 Å². The monoisotopic (exact) mass is 298 g/mol. The average molecular weight is 298 g/mol. The molecular formula is C17H30O4. The lowest BCUT2D eigenvalue weighted by Crippen LogP contribution is -2.38. The molecule has 1 fully saturated rings. The van der Waals surface area contributed by atoms with Crippen molar-refractivity contribution < 1.29 is 20.4 Å². The number of hydrogen-bond acceptors (Lipinski definition) is 4. The van der Waals surface area contributed by atoms with Crippen molar-refractivity contribution in [2.45, 2.75) is 51.7 Å². The Bertz CT molecular complexity index is 368. The summed E-state index contributed by atoms with van der Waals surface area (Å²) in [5.74, 6) is 0.723. The van der Waals surface area contributed by atoms with Gasteiger partial charge in [0.15, 0.2) is 0 Å². The van der Waals surface area contributed by atoms with Gasteiger partial charge in [0, 0.05) is 18.4 Å². The molecule has 0 amide bonds. The molecule has 0 saturated heterocycles. The van der Waals surface area contributed by atoms with Crippen LogP contribution < -0.4 is 0 Å². The second-order valence-corrected chi connectivity index (χ2v) is 7.30. The Labute approximate surface area is 127 Å². The molecular weight excluding hydrogens is 268 g/mol. The highest BCUT2D eigenvalue weighted by molar-refractivity contribution is 5.13. The van der Waals surface area contributed by atoms with Crippen molar-refractivity contribution in [3.05, 3.63) is 11.6 Å². The van der Waals surface area contributed by atoms with Crippen LogP contribution in [0.2, 0.25) is 0 Å². The normalized spacial score (nSPS) is 44.5. The van der Waals surface area contributed by atoms with Crippen LogP contribution in [0.1, 0.15) is 39.5 Å². The van der Waals surface area contributed by atoms with Crippen LogP contribution in [0.4, 0.5) is 0 Å². The van der Waals surface area contributed by atoms with Crippen LogP contribution in [0.3, 0.4) is 0 Å². The Kier molecular flexibility index (Phi) is 5.83. The fourth-order valence-corrected chi connectivity index (χ4v) is 4.25. The minimum absolute atomic E-state index is 0.00590. The van der Waals surface area contributed by atoms with Crippen LogP contribution in [0.25, 0.3) is 0 Å². The topological polar surface area (TPSA) is 80.9 Å². The van der Waals surface area contributed by atoms with Gasteiger partial charge in [-0.05, 0) is 43.4 Å². The van der Waals surface area contributed by atoms with E-state index in [2.05, 4.69) is 6.92 Å². The number of aliphatic hydroxyl groups is 4. The van der Waals surface area contributed by atoms with E-state index >= 15 is 0 Å². The minimum Gasteiger partial charge on any atom is -0.396 e. The lowest BCUT2D eigenvalue weighted by Gasteiger charge is -2.38. The van der Waals surface area contributed by atoms with Crippen LogP contribution in [0, 0.1) is 29.6 Å². The van der Waals surface area contributed by atoms with E-state index in [4.69, 9.17) is 0 Å². The van der Waals surface area contributed by atoms with E-state index in [1.54, 1.807) is 0 Å². The highest BCUT2D eigenvalue weighted by Gasteiger charge is 2.35. The predicted octanol–water partition coefficient (Wildman–Crippen LogP) is 1.33. The third-order valence-corrected chi connectivity index (χ3v) is 5.46. The number of hydrogen-bond donors (Lipinski definition) is 4. The summed E-state index contributed by atoms with van der Waals surface area (Å²) >= 11 is 0. The van der Waals surface area contributed by atoms with E-state index in [0.29, 0.717) is 5.92 Å². The maximum atomic E-state index is 10.1. The number of allylic oxidation sites excluding steroid dienone is 1. The zero-order valence-corrected chi connectivity index (χ0v) is 13.2. The molecule has 2 rings (SSSR count). The van der Waals surface area contributed by atoms with Crippen molar-refractivity contribution in [1.82, 2.24) is 0 Å². The van der Waals surface area contributed by atoms with Crippen LogP contribution in [-0.4, -0.2) is 45.8 Å². The van der Waals surface area contributed by atoms with E-state index in [-0.39, 0.29) is 36.9 Å². The summed E-state index contributed by atoms with van der Waals surface area (Å²) in [4.78, 5) is 0. The molecule has 0 radical (unpaired) electrons. The van der Waals surface area contributed by atoms with E-state index < -0.39 is 12.2 Å². The van der Waals surface area contributed by atoms with Gasteiger partial charge in [0.1, 0.15) is 0 Å². The molecule has 2 aliphatic rings. The van der Waals surface area contributed by atoms with Crippen LogP contribution in [-0.2, 0) is 0 Å². The SMILES string of the molecule is CC1CC(CC2CC(C)C(O)C(CO)C2)=CC(CO)C1O. The molecule has 4 nitrogen and oxygen atoms in total. The van der Waals surface area contributed by atoms with Gasteiger partial charge in [-0.3, -0.25) is 0 Å². The lowest BCUT2D eigenvalue weighted by molar-refractivity contribution is -0.0205. The highest BCUT2D eigenvalue weighted by Crippen LogP contribution is 2.39. The maximum absolute atomic E-state index is 10.1. The first-order chi connectivity index (χ1) is 9.96. The molecule has 2 aliphatic carbocycles. The Morgan fingerprint density at radius 1 is 1.00 bits per heavy atom. The molecule has 21 heavy (non-hydrogen) atoms. The Morgan fingerprint density at radius 3 is 2.33 bits per heavy atom. The first-order valence-corrected chi connectivity index (χ1v) is 8.23. The first kappa shape index (κ1) is 16.9. The van der Waals surface area contributed by atoms with Gasteiger partial charge in [-0.25, -0.2) is 0 Å². The quantitative estimate of drug-likeness (QED) is 0.590. The van der Waals surface area contributed by atoms with Gasteiger partial charge in [0.2, 0.25) is 0 Å². The lowest BCUT2D eigenvalue weighted by atomic mass is 9.70. The third kappa shape index (κ3) is 3.86. The molecule has 0 bridgehead atoms. The highest BCUT2D eigenvalue weighted by atomic mass is 16.3. The molecule has 0 aliphatic heterocycles. The van der Waals surface area contributed by atoms with Crippen LogP contribution in [0.15, 0.2) is 11.6 Å².